The van der Waals surface area contributed by atoms with Crippen molar-refractivity contribution in [3.63, 3.8) is 0 Å². The molecule has 5 heteroatoms. The summed E-state index contributed by atoms with van der Waals surface area (Å²) in [5.41, 5.74) is 2.73. The zero-order chi connectivity index (χ0) is 17.6. The summed E-state index contributed by atoms with van der Waals surface area (Å²) in [6.07, 6.45) is 4.44. The highest BCUT2D eigenvalue weighted by Gasteiger charge is 2.11. The van der Waals surface area contributed by atoms with Crippen LogP contribution in [0.15, 0.2) is 54.9 Å². The predicted molar refractivity (Wildman–Crippen MR) is 102 cm³/mol. The molecule has 0 spiro atoms. The standard InChI is InChI=1S/C20H22N4O/c1-14(2)8-11-21-16-9-12-22-18(13-16)20(25)24-17-7-3-5-15-6-4-10-23-19(15)17/h3-7,9-10,12-14H,8,11H2,1-2H3,(H,21,22)(H,24,25). The van der Waals surface area contributed by atoms with Crippen molar-refractivity contribution in [2.24, 2.45) is 5.92 Å². The quantitative estimate of drug-likeness (QED) is 0.704. The van der Waals surface area contributed by atoms with Gasteiger partial charge in [-0.2, -0.15) is 0 Å². The van der Waals surface area contributed by atoms with E-state index in [0.29, 0.717) is 17.3 Å². The Labute approximate surface area is 147 Å². The minimum absolute atomic E-state index is 0.245. The largest absolute Gasteiger partial charge is 0.385 e. The SMILES string of the molecule is CC(C)CCNc1ccnc(C(=O)Nc2cccc3cccnc23)c1. The number of benzene rings is 1. The van der Waals surface area contributed by atoms with Gasteiger partial charge in [-0.05, 0) is 36.6 Å². The summed E-state index contributed by atoms with van der Waals surface area (Å²) in [7, 11) is 0. The molecule has 3 aromatic rings. The monoisotopic (exact) mass is 334 g/mol. The first kappa shape index (κ1) is 16.9. The van der Waals surface area contributed by atoms with Gasteiger partial charge in [-0.25, -0.2) is 0 Å². The molecular weight excluding hydrogens is 312 g/mol. The maximum absolute atomic E-state index is 12.6. The maximum Gasteiger partial charge on any atom is 0.274 e. The van der Waals surface area contributed by atoms with Crippen LogP contribution in [0.1, 0.15) is 30.8 Å². The van der Waals surface area contributed by atoms with Crippen molar-refractivity contribution in [3.05, 3.63) is 60.6 Å². The van der Waals surface area contributed by atoms with Crippen molar-refractivity contribution < 1.29 is 4.79 Å². The molecule has 0 aliphatic carbocycles. The van der Waals surface area contributed by atoms with Crippen LogP contribution in [0.2, 0.25) is 0 Å². The van der Waals surface area contributed by atoms with Crippen molar-refractivity contribution in [1.82, 2.24) is 9.97 Å². The lowest BCUT2D eigenvalue weighted by Gasteiger charge is -2.10. The summed E-state index contributed by atoms with van der Waals surface area (Å²) in [4.78, 5) is 21.1. The average molecular weight is 334 g/mol. The summed E-state index contributed by atoms with van der Waals surface area (Å²) in [6, 6.07) is 13.2. The highest BCUT2D eigenvalue weighted by Crippen LogP contribution is 2.21. The topological polar surface area (TPSA) is 66.9 Å². The van der Waals surface area contributed by atoms with Crippen LogP contribution in [0.3, 0.4) is 0 Å². The van der Waals surface area contributed by atoms with Gasteiger partial charge in [0, 0.05) is 30.0 Å². The Bertz CT molecular complexity index is 871. The fourth-order valence-corrected chi connectivity index (χ4v) is 2.56. The van der Waals surface area contributed by atoms with Gasteiger partial charge in [-0.3, -0.25) is 14.8 Å². The van der Waals surface area contributed by atoms with Crippen molar-refractivity contribution in [2.45, 2.75) is 20.3 Å². The molecule has 2 aromatic heterocycles. The number of nitrogens with zero attached hydrogens (tertiary/aromatic N) is 2. The Kier molecular flexibility index (Phi) is 5.23. The van der Waals surface area contributed by atoms with E-state index < -0.39 is 0 Å². The molecule has 0 aliphatic rings. The lowest BCUT2D eigenvalue weighted by molar-refractivity contribution is 0.102. The van der Waals surface area contributed by atoms with Gasteiger partial charge in [0.25, 0.3) is 5.91 Å². The van der Waals surface area contributed by atoms with Crippen LogP contribution in [0.25, 0.3) is 10.9 Å². The number of carbonyl (C=O) groups excluding carboxylic acids is 1. The van der Waals surface area contributed by atoms with Gasteiger partial charge in [0.2, 0.25) is 0 Å². The Hall–Kier alpha value is -2.95. The number of hydrogen-bond donors (Lipinski definition) is 2. The molecule has 2 N–H and O–H groups in total. The number of para-hydroxylation sites is 1. The highest BCUT2D eigenvalue weighted by atomic mass is 16.1. The van der Waals surface area contributed by atoms with Gasteiger partial charge in [-0.15, -0.1) is 0 Å². The van der Waals surface area contributed by atoms with E-state index in [0.717, 1.165) is 29.6 Å². The van der Waals surface area contributed by atoms with E-state index in [-0.39, 0.29) is 5.91 Å². The Morgan fingerprint density at radius 2 is 1.92 bits per heavy atom. The van der Waals surface area contributed by atoms with Crippen LogP contribution in [-0.2, 0) is 0 Å². The van der Waals surface area contributed by atoms with Gasteiger partial charge < -0.3 is 10.6 Å². The number of fused-ring (bicyclic) bond motifs is 1. The molecule has 3 rings (SSSR count). The summed E-state index contributed by atoms with van der Waals surface area (Å²) in [6.45, 7) is 5.24. The third-order valence-electron chi connectivity index (χ3n) is 3.92. The number of nitrogens with one attached hydrogen (secondary N) is 2. The summed E-state index contributed by atoms with van der Waals surface area (Å²) < 4.78 is 0. The van der Waals surface area contributed by atoms with Gasteiger partial charge >= 0.3 is 0 Å². The molecule has 0 radical (unpaired) electrons. The minimum atomic E-state index is -0.245. The van der Waals surface area contributed by atoms with E-state index in [1.165, 1.54) is 0 Å². The van der Waals surface area contributed by atoms with Crippen LogP contribution in [0, 0.1) is 5.92 Å². The fraction of sp³-hybridized carbons (Fsp3) is 0.250. The lowest BCUT2D eigenvalue weighted by Crippen LogP contribution is -2.14. The second-order valence-electron chi connectivity index (χ2n) is 6.37. The fourth-order valence-electron chi connectivity index (χ4n) is 2.56. The van der Waals surface area contributed by atoms with E-state index in [9.17, 15) is 4.79 Å². The number of hydrogen-bond acceptors (Lipinski definition) is 4. The number of anilines is 2. The molecule has 1 aromatic carbocycles. The molecule has 0 aliphatic heterocycles. The second kappa shape index (κ2) is 7.75. The molecule has 1 amide bonds. The van der Waals surface area contributed by atoms with Crippen molar-refractivity contribution in [2.75, 3.05) is 17.2 Å². The normalized spacial score (nSPS) is 10.8. The molecule has 2 heterocycles. The van der Waals surface area contributed by atoms with E-state index in [1.54, 1.807) is 18.5 Å². The van der Waals surface area contributed by atoms with Gasteiger partial charge in [-0.1, -0.05) is 32.0 Å². The Morgan fingerprint density at radius 3 is 2.76 bits per heavy atom. The van der Waals surface area contributed by atoms with Crippen LogP contribution < -0.4 is 10.6 Å². The molecule has 0 saturated carbocycles. The van der Waals surface area contributed by atoms with Gasteiger partial charge in [0.15, 0.2) is 0 Å². The van der Waals surface area contributed by atoms with Crippen LogP contribution in [0.4, 0.5) is 11.4 Å². The van der Waals surface area contributed by atoms with Crippen molar-refractivity contribution >= 4 is 28.2 Å². The zero-order valence-corrected chi connectivity index (χ0v) is 14.5. The number of amides is 1. The van der Waals surface area contributed by atoms with E-state index in [2.05, 4.69) is 34.4 Å². The van der Waals surface area contributed by atoms with Crippen LogP contribution in [0.5, 0.6) is 0 Å². The van der Waals surface area contributed by atoms with Gasteiger partial charge in [0.05, 0.1) is 11.2 Å². The van der Waals surface area contributed by atoms with E-state index in [4.69, 9.17) is 0 Å². The third kappa shape index (κ3) is 4.32. The minimum Gasteiger partial charge on any atom is -0.385 e. The Balaban J connectivity index is 1.74. The zero-order valence-electron chi connectivity index (χ0n) is 14.5. The number of aromatic nitrogens is 2. The van der Waals surface area contributed by atoms with E-state index in [1.807, 2.05) is 36.4 Å². The molecular formula is C20H22N4O. The smallest absolute Gasteiger partial charge is 0.274 e. The number of carbonyl (C=O) groups is 1. The maximum atomic E-state index is 12.6. The average Bonchev–Trinajstić information content (AvgIpc) is 2.62. The van der Waals surface area contributed by atoms with Crippen molar-refractivity contribution in [1.29, 1.82) is 0 Å². The van der Waals surface area contributed by atoms with Crippen LogP contribution >= 0.6 is 0 Å². The number of pyridine rings is 2. The molecule has 128 valence electrons. The van der Waals surface area contributed by atoms with Gasteiger partial charge in [0.1, 0.15) is 5.69 Å². The molecule has 0 unspecified atom stereocenters. The molecule has 0 atom stereocenters. The molecule has 25 heavy (non-hydrogen) atoms. The van der Waals surface area contributed by atoms with Crippen LogP contribution in [-0.4, -0.2) is 22.4 Å². The first-order chi connectivity index (χ1) is 12.1. The number of rotatable bonds is 6. The summed E-state index contributed by atoms with van der Waals surface area (Å²) >= 11 is 0. The van der Waals surface area contributed by atoms with Crippen molar-refractivity contribution in [3.8, 4) is 0 Å². The lowest BCUT2D eigenvalue weighted by atomic mass is 10.1. The second-order valence-corrected chi connectivity index (χ2v) is 6.37. The third-order valence-corrected chi connectivity index (χ3v) is 3.92. The summed E-state index contributed by atoms with van der Waals surface area (Å²) in [5, 5.41) is 7.23. The van der Waals surface area contributed by atoms with E-state index >= 15 is 0 Å². The predicted octanol–water partition coefficient (Wildman–Crippen LogP) is 4.34. The molecule has 0 bridgehead atoms. The first-order valence-corrected chi connectivity index (χ1v) is 8.48. The highest BCUT2D eigenvalue weighted by molar-refractivity contribution is 6.07. The molecule has 0 saturated heterocycles. The Morgan fingerprint density at radius 1 is 1.08 bits per heavy atom. The first-order valence-electron chi connectivity index (χ1n) is 8.48. The molecule has 0 fully saturated rings. The molecule has 5 nitrogen and oxygen atoms in total. The summed E-state index contributed by atoms with van der Waals surface area (Å²) in [5.74, 6) is 0.390.